The number of nitrogens with zero attached hydrogens (tertiary/aromatic N) is 2. The quantitative estimate of drug-likeness (QED) is 0.610. The number of carbonyl (C=O) groups is 1. The van der Waals surface area contributed by atoms with Gasteiger partial charge in [-0.3, -0.25) is 4.79 Å². The average Bonchev–Trinajstić information content (AvgIpc) is 3.16. The molecule has 0 saturated heterocycles. The molecule has 0 atom stereocenters. The van der Waals surface area contributed by atoms with Gasteiger partial charge in [0.2, 0.25) is 0 Å². The molecule has 0 amide bonds. The predicted molar refractivity (Wildman–Crippen MR) is 72.0 cm³/mol. The lowest BCUT2D eigenvalue weighted by molar-refractivity contribution is 0.102. The Morgan fingerprint density at radius 1 is 1.33 bits per heavy atom. The lowest BCUT2D eigenvalue weighted by Gasteiger charge is -2.05. The monoisotopic (exact) mass is 258 g/mol. The van der Waals surface area contributed by atoms with E-state index in [-0.39, 0.29) is 5.78 Å². The highest BCUT2D eigenvalue weighted by Gasteiger charge is 2.25. The molecule has 2 aromatic rings. The molecule has 0 bridgehead atoms. The van der Waals surface area contributed by atoms with Crippen molar-refractivity contribution in [3.63, 3.8) is 0 Å². The van der Waals surface area contributed by atoms with Crippen LogP contribution in [0.4, 0.5) is 0 Å². The molecule has 3 rings (SSSR count). The standard InChI is InChI=1S/C14H14N2OS/c17-13(11-4-2-1-3-5-11)10-18-14-15-8-9-16(14)12-6-7-12/h1-5,8-9,12H,6-7,10H2. The second-order valence-corrected chi connectivity index (χ2v) is 5.37. The van der Waals surface area contributed by atoms with E-state index in [2.05, 4.69) is 9.55 Å². The first-order valence-electron chi connectivity index (χ1n) is 6.08. The first-order chi connectivity index (χ1) is 8.84. The van der Waals surface area contributed by atoms with Gasteiger partial charge in [0.1, 0.15) is 0 Å². The SMILES string of the molecule is O=C(CSc1nccn1C1CC1)c1ccccc1. The molecule has 0 unspecified atom stereocenters. The summed E-state index contributed by atoms with van der Waals surface area (Å²) in [5.41, 5.74) is 0.773. The average molecular weight is 258 g/mol. The van der Waals surface area contributed by atoms with Crippen molar-refractivity contribution in [2.24, 2.45) is 0 Å². The van der Waals surface area contributed by atoms with Gasteiger partial charge in [-0.1, -0.05) is 42.1 Å². The Bertz CT molecular complexity index is 546. The fourth-order valence-electron chi connectivity index (χ4n) is 1.88. The van der Waals surface area contributed by atoms with Crippen molar-refractivity contribution in [3.8, 4) is 0 Å². The molecule has 1 fully saturated rings. The van der Waals surface area contributed by atoms with Crippen LogP contribution >= 0.6 is 11.8 Å². The van der Waals surface area contributed by atoms with Crippen molar-refractivity contribution < 1.29 is 4.79 Å². The molecule has 1 aliphatic carbocycles. The highest BCUT2D eigenvalue weighted by molar-refractivity contribution is 7.99. The van der Waals surface area contributed by atoms with Crippen molar-refractivity contribution in [2.75, 3.05) is 5.75 Å². The van der Waals surface area contributed by atoms with Crippen LogP contribution in [0.5, 0.6) is 0 Å². The van der Waals surface area contributed by atoms with Crippen LogP contribution in [0.25, 0.3) is 0 Å². The van der Waals surface area contributed by atoms with Gasteiger partial charge in [-0.2, -0.15) is 0 Å². The molecule has 4 heteroatoms. The first-order valence-corrected chi connectivity index (χ1v) is 7.07. The van der Waals surface area contributed by atoms with E-state index in [4.69, 9.17) is 0 Å². The number of aromatic nitrogens is 2. The van der Waals surface area contributed by atoms with Crippen LogP contribution in [0.15, 0.2) is 47.9 Å². The van der Waals surface area contributed by atoms with Gasteiger partial charge in [-0.05, 0) is 12.8 Å². The van der Waals surface area contributed by atoms with Gasteiger partial charge < -0.3 is 4.57 Å². The Labute approximate surface area is 110 Å². The minimum atomic E-state index is 0.158. The maximum atomic E-state index is 12.0. The molecule has 0 aliphatic heterocycles. The van der Waals surface area contributed by atoms with Crippen LogP contribution in [0, 0.1) is 0 Å². The zero-order valence-electron chi connectivity index (χ0n) is 9.95. The zero-order valence-corrected chi connectivity index (χ0v) is 10.8. The van der Waals surface area contributed by atoms with E-state index < -0.39 is 0 Å². The molecule has 1 heterocycles. The molecule has 18 heavy (non-hydrogen) atoms. The van der Waals surface area contributed by atoms with Gasteiger partial charge in [0.15, 0.2) is 10.9 Å². The highest BCUT2D eigenvalue weighted by Crippen LogP contribution is 2.37. The van der Waals surface area contributed by atoms with Gasteiger partial charge in [-0.25, -0.2) is 4.98 Å². The summed E-state index contributed by atoms with van der Waals surface area (Å²) in [6.07, 6.45) is 6.29. The molecule has 0 radical (unpaired) electrons. The van der Waals surface area contributed by atoms with Crippen molar-refractivity contribution in [1.29, 1.82) is 0 Å². The van der Waals surface area contributed by atoms with E-state index in [0.29, 0.717) is 11.8 Å². The molecule has 0 N–H and O–H groups in total. The number of thioether (sulfide) groups is 1. The summed E-state index contributed by atoms with van der Waals surface area (Å²) >= 11 is 1.53. The van der Waals surface area contributed by atoms with Crippen LogP contribution in [-0.4, -0.2) is 21.1 Å². The lowest BCUT2D eigenvalue weighted by Crippen LogP contribution is -2.03. The second kappa shape index (κ2) is 4.98. The Morgan fingerprint density at radius 2 is 2.11 bits per heavy atom. The van der Waals surface area contributed by atoms with Crippen molar-refractivity contribution in [1.82, 2.24) is 9.55 Å². The highest BCUT2D eigenvalue weighted by atomic mass is 32.2. The molecule has 0 spiro atoms. The van der Waals surface area contributed by atoms with Crippen molar-refractivity contribution in [3.05, 3.63) is 48.3 Å². The summed E-state index contributed by atoms with van der Waals surface area (Å²) in [6, 6.07) is 10.0. The number of Topliss-reactive ketones (excluding diaryl/α,β-unsaturated/α-hetero) is 1. The van der Waals surface area contributed by atoms with Gasteiger partial charge >= 0.3 is 0 Å². The number of carbonyl (C=O) groups excluding carboxylic acids is 1. The fourth-order valence-corrected chi connectivity index (χ4v) is 2.80. The molecule has 1 saturated carbocycles. The molecular weight excluding hydrogens is 244 g/mol. The summed E-state index contributed by atoms with van der Waals surface area (Å²) in [6.45, 7) is 0. The van der Waals surface area contributed by atoms with E-state index in [1.54, 1.807) is 0 Å². The Balaban J connectivity index is 1.64. The minimum absolute atomic E-state index is 0.158. The summed E-state index contributed by atoms with van der Waals surface area (Å²) in [5, 5.41) is 0.960. The third kappa shape index (κ3) is 2.48. The van der Waals surface area contributed by atoms with Gasteiger partial charge in [0.25, 0.3) is 0 Å². The third-order valence-corrected chi connectivity index (χ3v) is 3.98. The van der Waals surface area contributed by atoms with Gasteiger partial charge in [-0.15, -0.1) is 0 Å². The van der Waals surface area contributed by atoms with Crippen LogP contribution in [0.3, 0.4) is 0 Å². The smallest absolute Gasteiger partial charge is 0.173 e. The topological polar surface area (TPSA) is 34.9 Å². The normalized spacial score (nSPS) is 14.7. The largest absolute Gasteiger partial charge is 0.323 e. The third-order valence-electron chi connectivity index (χ3n) is 3.00. The number of imidazole rings is 1. The molecule has 1 aromatic heterocycles. The lowest BCUT2D eigenvalue weighted by atomic mass is 10.2. The number of benzene rings is 1. The van der Waals surface area contributed by atoms with Crippen LogP contribution < -0.4 is 0 Å². The maximum Gasteiger partial charge on any atom is 0.173 e. The van der Waals surface area contributed by atoms with Crippen LogP contribution in [0.1, 0.15) is 29.2 Å². The van der Waals surface area contributed by atoms with E-state index in [9.17, 15) is 4.79 Å². The summed E-state index contributed by atoms with van der Waals surface area (Å²) in [5.74, 6) is 0.610. The number of hydrogen-bond donors (Lipinski definition) is 0. The predicted octanol–water partition coefficient (Wildman–Crippen LogP) is 3.19. The Hall–Kier alpha value is -1.55. The van der Waals surface area contributed by atoms with E-state index in [1.807, 2.05) is 42.7 Å². The van der Waals surface area contributed by atoms with Crippen molar-refractivity contribution in [2.45, 2.75) is 24.0 Å². The first kappa shape index (κ1) is 11.5. The Morgan fingerprint density at radius 3 is 2.83 bits per heavy atom. The zero-order chi connectivity index (χ0) is 12.4. The summed E-state index contributed by atoms with van der Waals surface area (Å²) in [7, 11) is 0. The number of hydrogen-bond acceptors (Lipinski definition) is 3. The Kier molecular flexibility index (Phi) is 3.19. The molecule has 92 valence electrons. The van der Waals surface area contributed by atoms with Gasteiger partial charge in [0, 0.05) is 24.0 Å². The van der Waals surface area contributed by atoms with Gasteiger partial charge in [0.05, 0.1) is 5.75 Å². The second-order valence-electron chi connectivity index (χ2n) is 4.43. The number of rotatable bonds is 5. The van der Waals surface area contributed by atoms with E-state index in [0.717, 1.165) is 10.7 Å². The minimum Gasteiger partial charge on any atom is -0.323 e. The van der Waals surface area contributed by atoms with E-state index >= 15 is 0 Å². The maximum absolute atomic E-state index is 12.0. The molecular formula is C14H14N2OS. The summed E-state index contributed by atoms with van der Waals surface area (Å²) < 4.78 is 2.18. The molecule has 1 aliphatic rings. The molecule has 1 aromatic carbocycles. The van der Waals surface area contributed by atoms with Crippen LogP contribution in [0.2, 0.25) is 0 Å². The van der Waals surface area contributed by atoms with Crippen molar-refractivity contribution >= 4 is 17.5 Å². The van der Waals surface area contributed by atoms with E-state index in [1.165, 1.54) is 24.6 Å². The molecule has 3 nitrogen and oxygen atoms in total. The fraction of sp³-hybridized carbons (Fsp3) is 0.286. The van der Waals surface area contributed by atoms with Crippen LogP contribution in [-0.2, 0) is 0 Å². The summed E-state index contributed by atoms with van der Waals surface area (Å²) in [4.78, 5) is 16.3. The number of ketones is 1.